The highest BCUT2D eigenvalue weighted by molar-refractivity contribution is 7.13. The van der Waals surface area contributed by atoms with Crippen LogP contribution in [0.1, 0.15) is 16.2 Å². The molecule has 0 amide bonds. The van der Waals surface area contributed by atoms with Crippen molar-refractivity contribution in [3.63, 3.8) is 0 Å². The molecule has 0 aliphatic rings. The Bertz CT molecular complexity index is 1130. The normalized spacial score (nSPS) is 10.8. The summed E-state index contributed by atoms with van der Waals surface area (Å²) in [5.41, 5.74) is 1.52. The number of aromatic nitrogens is 2. The van der Waals surface area contributed by atoms with Crippen molar-refractivity contribution in [1.82, 2.24) is 9.97 Å². The van der Waals surface area contributed by atoms with Gasteiger partial charge in [0.25, 0.3) is 5.56 Å². The van der Waals surface area contributed by atoms with Gasteiger partial charge in [0.1, 0.15) is 17.3 Å². The second-order valence-electron chi connectivity index (χ2n) is 5.69. The Morgan fingerprint density at radius 1 is 1.08 bits per heavy atom. The van der Waals surface area contributed by atoms with Crippen LogP contribution in [0.25, 0.3) is 21.3 Å². The minimum absolute atomic E-state index is 0.0526. The molecule has 0 radical (unpaired) electrons. The van der Waals surface area contributed by atoms with Crippen LogP contribution in [0.3, 0.4) is 0 Å². The number of carbonyl (C=O) groups excluding carboxylic acids is 1. The zero-order valence-corrected chi connectivity index (χ0v) is 14.5. The summed E-state index contributed by atoms with van der Waals surface area (Å²) in [7, 11) is 0. The number of nitrogens with one attached hydrogen (secondary N) is 1. The van der Waals surface area contributed by atoms with Crippen LogP contribution in [-0.2, 0) is 11.3 Å². The number of benzene rings is 2. The molecule has 0 atom stereocenters. The van der Waals surface area contributed by atoms with Crippen molar-refractivity contribution in [3.8, 4) is 10.6 Å². The fourth-order valence-corrected chi connectivity index (χ4v) is 3.44. The third kappa shape index (κ3) is 3.27. The summed E-state index contributed by atoms with van der Waals surface area (Å²) in [6.45, 7) is 0.0526. The molecule has 6 heteroatoms. The van der Waals surface area contributed by atoms with Crippen LogP contribution in [0.5, 0.6) is 0 Å². The van der Waals surface area contributed by atoms with Gasteiger partial charge in [0, 0.05) is 16.3 Å². The van der Waals surface area contributed by atoms with Gasteiger partial charge in [-0.05, 0) is 17.5 Å². The van der Waals surface area contributed by atoms with E-state index in [1.807, 2.05) is 41.8 Å². The molecule has 0 unspecified atom stereocenters. The fourth-order valence-electron chi connectivity index (χ4n) is 2.62. The van der Waals surface area contributed by atoms with Crippen molar-refractivity contribution in [1.29, 1.82) is 0 Å². The highest BCUT2D eigenvalue weighted by Gasteiger charge is 2.12. The number of nitrogens with zero attached hydrogens (tertiary/aromatic N) is 1. The minimum Gasteiger partial charge on any atom is -0.454 e. The minimum atomic E-state index is -0.581. The van der Waals surface area contributed by atoms with E-state index in [1.54, 1.807) is 24.3 Å². The first-order chi connectivity index (χ1) is 12.7. The van der Waals surface area contributed by atoms with Crippen molar-refractivity contribution < 1.29 is 9.53 Å². The Kier molecular flexibility index (Phi) is 4.33. The lowest BCUT2D eigenvalue weighted by molar-refractivity contribution is 0.0461. The van der Waals surface area contributed by atoms with Gasteiger partial charge >= 0.3 is 5.97 Å². The van der Waals surface area contributed by atoms with Crippen LogP contribution < -0.4 is 5.56 Å². The second-order valence-corrected chi connectivity index (χ2v) is 6.54. The summed E-state index contributed by atoms with van der Waals surface area (Å²) in [6.07, 6.45) is 0. The quantitative estimate of drug-likeness (QED) is 0.557. The van der Waals surface area contributed by atoms with Gasteiger partial charge in [-0.3, -0.25) is 4.79 Å². The average Bonchev–Trinajstić information content (AvgIpc) is 3.16. The number of pyridine rings is 1. The summed E-state index contributed by atoms with van der Waals surface area (Å²) in [4.78, 5) is 31.4. The summed E-state index contributed by atoms with van der Waals surface area (Å²) < 4.78 is 5.30. The molecular weight excluding hydrogens is 348 g/mol. The predicted octanol–water partition coefficient (Wildman–Crippen LogP) is 4.01. The number of hydrogen-bond donors (Lipinski definition) is 1. The summed E-state index contributed by atoms with van der Waals surface area (Å²) in [5.74, 6) is -0.581. The van der Waals surface area contributed by atoms with Crippen LogP contribution in [0, 0.1) is 0 Å². The topological polar surface area (TPSA) is 72.0 Å². The van der Waals surface area contributed by atoms with Gasteiger partial charge in [0.2, 0.25) is 0 Å². The van der Waals surface area contributed by atoms with E-state index < -0.39 is 5.97 Å². The molecule has 0 aliphatic heterocycles. The zero-order valence-electron chi connectivity index (χ0n) is 13.6. The molecule has 2 heterocycles. The van der Waals surface area contributed by atoms with E-state index in [-0.39, 0.29) is 17.9 Å². The van der Waals surface area contributed by atoms with Crippen LogP contribution >= 0.6 is 11.3 Å². The lowest BCUT2D eigenvalue weighted by atomic mass is 10.1. The van der Waals surface area contributed by atoms with Gasteiger partial charge in [-0.15, -0.1) is 11.3 Å². The molecular formula is C20H14N2O3S. The van der Waals surface area contributed by atoms with E-state index in [1.165, 1.54) is 11.3 Å². The number of H-pyrrole nitrogens is 1. The Labute approximate surface area is 152 Å². The number of carbonyl (C=O) groups is 1. The van der Waals surface area contributed by atoms with Crippen molar-refractivity contribution in [2.45, 2.75) is 6.61 Å². The lowest BCUT2D eigenvalue weighted by Gasteiger charge is -2.04. The molecule has 0 saturated heterocycles. The number of rotatable bonds is 4. The highest BCUT2D eigenvalue weighted by atomic mass is 32.1. The standard InChI is InChI=1S/C20H14N2O3S/c23-18-16-9-5-4-8-14(16)10-17(22-18)20(24)25-11-15-12-26-19(21-15)13-6-2-1-3-7-13/h1-10,12H,11H2,(H,22,23). The van der Waals surface area contributed by atoms with Gasteiger partial charge in [0.15, 0.2) is 0 Å². The molecule has 26 heavy (non-hydrogen) atoms. The zero-order chi connectivity index (χ0) is 17.9. The monoisotopic (exact) mass is 362 g/mol. The van der Waals surface area contributed by atoms with Crippen molar-refractivity contribution in [2.75, 3.05) is 0 Å². The highest BCUT2D eigenvalue weighted by Crippen LogP contribution is 2.23. The third-order valence-corrected chi connectivity index (χ3v) is 4.84. The summed E-state index contributed by atoms with van der Waals surface area (Å²) >= 11 is 1.49. The maximum atomic E-state index is 12.3. The van der Waals surface area contributed by atoms with Gasteiger partial charge in [0.05, 0.1) is 5.69 Å². The first kappa shape index (κ1) is 16.2. The third-order valence-electron chi connectivity index (χ3n) is 3.90. The summed E-state index contributed by atoms with van der Waals surface area (Å²) in [5, 5.41) is 3.97. The van der Waals surface area contributed by atoms with Crippen LogP contribution in [0.2, 0.25) is 0 Å². The number of ether oxygens (including phenoxy) is 1. The largest absolute Gasteiger partial charge is 0.454 e. The van der Waals surface area contributed by atoms with Gasteiger partial charge in [-0.2, -0.15) is 0 Å². The Balaban J connectivity index is 1.49. The molecule has 0 saturated carbocycles. The molecule has 2 aromatic heterocycles. The smallest absolute Gasteiger partial charge is 0.355 e. The fraction of sp³-hybridized carbons (Fsp3) is 0.0500. The number of hydrogen-bond acceptors (Lipinski definition) is 5. The van der Waals surface area contributed by atoms with E-state index in [9.17, 15) is 9.59 Å². The SMILES string of the molecule is O=C(OCc1csc(-c2ccccc2)n1)c1cc2ccccc2c(=O)[nH]1. The van der Waals surface area contributed by atoms with E-state index in [2.05, 4.69) is 9.97 Å². The first-order valence-electron chi connectivity index (χ1n) is 8.00. The predicted molar refractivity (Wildman–Crippen MR) is 101 cm³/mol. The van der Waals surface area contributed by atoms with Gasteiger partial charge in [-0.1, -0.05) is 48.5 Å². The Morgan fingerprint density at radius 2 is 1.85 bits per heavy atom. The number of fused-ring (bicyclic) bond motifs is 1. The van der Waals surface area contributed by atoms with E-state index in [4.69, 9.17) is 4.74 Å². The van der Waals surface area contributed by atoms with E-state index in [0.717, 1.165) is 10.6 Å². The maximum absolute atomic E-state index is 12.3. The number of esters is 1. The molecule has 0 spiro atoms. The number of aromatic amines is 1. The van der Waals surface area contributed by atoms with Gasteiger partial charge in [-0.25, -0.2) is 9.78 Å². The molecule has 4 aromatic rings. The molecule has 2 aromatic carbocycles. The average molecular weight is 362 g/mol. The number of thiazole rings is 1. The molecule has 5 nitrogen and oxygen atoms in total. The second kappa shape index (κ2) is 6.93. The molecule has 0 fully saturated rings. The molecule has 1 N–H and O–H groups in total. The molecule has 0 aliphatic carbocycles. The summed E-state index contributed by atoms with van der Waals surface area (Å²) in [6, 6.07) is 18.5. The first-order valence-corrected chi connectivity index (χ1v) is 8.88. The molecule has 128 valence electrons. The Morgan fingerprint density at radius 3 is 2.69 bits per heavy atom. The van der Waals surface area contributed by atoms with Crippen LogP contribution in [0.4, 0.5) is 0 Å². The Hall–Kier alpha value is -3.25. The van der Waals surface area contributed by atoms with E-state index >= 15 is 0 Å². The lowest BCUT2D eigenvalue weighted by Crippen LogP contribution is -2.15. The van der Waals surface area contributed by atoms with Crippen molar-refractivity contribution >= 4 is 28.1 Å². The van der Waals surface area contributed by atoms with E-state index in [0.29, 0.717) is 16.5 Å². The van der Waals surface area contributed by atoms with Gasteiger partial charge < -0.3 is 9.72 Å². The maximum Gasteiger partial charge on any atom is 0.355 e. The molecule has 4 rings (SSSR count). The van der Waals surface area contributed by atoms with Crippen molar-refractivity contribution in [3.05, 3.63) is 87.8 Å². The van der Waals surface area contributed by atoms with Crippen LogP contribution in [0.15, 0.2) is 70.8 Å². The van der Waals surface area contributed by atoms with Crippen LogP contribution in [-0.4, -0.2) is 15.9 Å². The molecule has 0 bridgehead atoms. The van der Waals surface area contributed by atoms with Crippen molar-refractivity contribution in [2.24, 2.45) is 0 Å².